The van der Waals surface area contributed by atoms with Crippen molar-refractivity contribution in [3.8, 4) is 39.6 Å². The normalized spacial score (nSPS) is 11.5. The fourth-order valence-electron chi connectivity index (χ4n) is 3.45. The van der Waals surface area contributed by atoms with Crippen LogP contribution in [0.3, 0.4) is 0 Å². The fraction of sp³-hybridized carbons (Fsp3) is 0.261. The van der Waals surface area contributed by atoms with Crippen LogP contribution in [0.4, 0.5) is 5.69 Å². The maximum Gasteiger partial charge on any atom is 0.241 e. The first-order valence-electron chi connectivity index (χ1n) is 9.99. The molecule has 1 atom stereocenters. The second-order valence-corrected chi connectivity index (χ2v) is 7.92. The molecule has 0 saturated carbocycles. The zero-order valence-corrected chi connectivity index (χ0v) is 19.6. The van der Waals surface area contributed by atoms with Crippen LogP contribution in [0, 0.1) is 6.92 Å². The van der Waals surface area contributed by atoms with Crippen LogP contribution >= 0.6 is 11.5 Å². The Bertz CT molecular complexity index is 1180. The Morgan fingerprint density at radius 3 is 2.42 bits per heavy atom. The summed E-state index contributed by atoms with van der Waals surface area (Å²) in [6.07, 6.45) is -0.259. The Kier molecular flexibility index (Phi) is 7.52. The highest BCUT2D eigenvalue weighted by molar-refractivity contribution is 7.04. The van der Waals surface area contributed by atoms with E-state index in [1.165, 1.54) is 18.6 Å². The van der Waals surface area contributed by atoms with Gasteiger partial charge in [0.2, 0.25) is 11.8 Å². The van der Waals surface area contributed by atoms with E-state index in [0.717, 1.165) is 27.9 Å². The van der Waals surface area contributed by atoms with E-state index in [1.807, 2.05) is 30.5 Å². The van der Waals surface area contributed by atoms with Crippen molar-refractivity contribution < 1.29 is 23.8 Å². The second-order valence-electron chi connectivity index (χ2n) is 7.29. The topological polar surface area (TPSA) is 139 Å². The summed E-state index contributed by atoms with van der Waals surface area (Å²) in [5.41, 5.74) is 15.6. The van der Waals surface area contributed by atoms with Crippen molar-refractivity contribution in [1.29, 1.82) is 0 Å². The van der Waals surface area contributed by atoms with E-state index in [2.05, 4.69) is 9.69 Å². The molecule has 2 aromatic carbocycles. The van der Waals surface area contributed by atoms with Crippen molar-refractivity contribution in [2.75, 3.05) is 26.6 Å². The first-order valence-corrected chi connectivity index (χ1v) is 10.8. The lowest BCUT2D eigenvalue weighted by Crippen LogP contribution is -2.39. The van der Waals surface area contributed by atoms with E-state index >= 15 is 0 Å². The van der Waals surface area contributed by atoms with Gasteiger partial charge < -0.3 is 31.0 Å². The van der Waals surface area contributed by atoms with Crippen LogP contribution in [-0.4, -0.2) is 43.6 Å². The van der Waals surface area contributed by atoms with Gasteiger partial charge in [-0.25, -0.2) is 0 Å². The van der Waals surface area contributed by atoms with Crippen LogP contribution in [0.2, 0.25) is 0 Å². The number of nitrogens with one attached hydrogen (secondary N) is 1. The Morgan fingerprint density at radius 2 is 1.79 bits per heavy atom. The van der Waals surface area contributed by atoms with Crippen LogP contribution in [0.15, 0.2) is 35.7 Å². The number of carbonyl (C=O) groups excluding carboxylic acids is 2. The van der Waals surface area contributed by atoms with E-state index < -0.39 is 17.9 Å². The molecule has 0 spiro atoms. The summed E-state index contributed by atoms with van der Waals surface area (Å²) < 4.78 is 20.9. The summed E-state index contributed by atoms with van der Waals surface area (Å²) in [6, 6.07) is 8.18. The fourth-order valence-corrected chi connectivity index (χ4v) is 4.16. The average molecular weight is 471 g/mol. The number of nitrogens with zero attached hydrogens (tertiary/aromatic N) is 1. The number of primary amides is 1. The van der Waals surface area contributed by atoms with E-state index in [4.69, 9.17) is 25.7 Å². The number of methoxy groups -OCH3 is 3. The van der Waals surface area contributed by atoms with Gasteiger partial charge in [-0.2, -0.15) is 4.37 Å². The number of ether oxygens (including phenoxy) is 3. The molecular weight excluding hydrogens is 444 g/mol. The van der Waals surface area contributed by atoms with Crippen molar-refractivity contribution in [2.45, 2.75) is 19.4 Å². The molecule has 9 nitrogen and oxygen atoms in total. The van der Waals surface area contributed by atoms with Crippen molar-refractivity contribution in [3.63, 3.8) is 0 Å². The summed E-state index contributed by atoms with van der Waals surface area (Å²) in [5, 5.41) is 4.64. The minimum Gasteiger partial charge on any atom is -0.495 e. The minimum absolute atomic E-state index is 0.259. The van der Waals surface area contributed by atoms with E-state index in [0.29, 0.717) is 22.9 Å². The molecule has 0 unspecified atom stereocenters. The zero-order valence-electron chi connectivity index (χ0n) is 18.8. The smallest absolute Gasteiger partial charge is 0.241 e. The van der Waals surface area contributed by atoms with Crippen LogP contribution in [-0.2, 0) is 9.59 Å². The lowest BCUT2D eigenvalue weighted by Gasteiger charge is -2.15. The number of anilines is 1. The number of carbonyl (C=O) groups is 2. The maximum atomic E-state index is 12.4. The summed E-state index contributed by atoms with van der Waals surface area (Å²) in [7, 11) is 4.68. The third-order valence-electron chi connectivity index (χ3n) is 5.03. The predicted octanol–water partition coefficient (Wildman–Crippen LogP) is 2.95. The first kappa shape index (κ1) is 24.0. The second kappa shape index (κ2) is 10.3. The molecule has 10 heteroatoms. The predicted molar refractivity (Wildman–Crippen MR) is 128 cm³/mol. The summed E-state index contributed by atoms with van der Waals surface area (Å²) in [4.78, 5) is 23.5. The molecule has 0 radical (unpaired) electrons. The molecule has 0 fully saturated rings. The number of hydrogen-bond donors (Lipinski definition) is 3. The van der Waals surface area contributed by atoms with Gasteiger partial charge in [0.25, 0.3) is 0 Å². The molecule has 2 amide bonds. The minimum atomic E-state index is -1.07. The third kappa shape index (κ3) is 5.24. The average Bonchev–Trinajstić information content (AvgIpc) is 3.28. The van der Waals surface area contributed by atoms with E-state index in [1.54, 1.807) is 26.4 Å². The Balaban J connectivity index is 2.01. The first-order chi connectivity index (χ1) is 15.8. The van der Waals surface area contributed by atoms with Gasteiger partial charge in [0, 0.05) is 16.5 Å². The molecule has 0 bridgehead atoms. The van der Waals surface area contributed by atoms with Gasteiger partial charge in [0.15, 0.2) is 11.5 Å². The molecule has 0 aliphatic rings. The molecule has 3 aromatic rings. The standard InChI is InChI=1S/C23H26N4O5S/c1-12-7-14(9-19(31-3)22(12)32-4)21-15(11-33-27-21)13-5-6-18(30-2)17(8-13)26-23(29)16(24)10-20(25)28/h5-9,11,16H,10,24H2,1-4H3,(H2,25,28)(H,26,29)/t16-/m1/s1. The molecule has 3 rings (SSSR count). The van der Waals surface area contributed by atoms with Gasteiger partial charge in [0.1, 0.15) is 5.75 Å². The third-order valence-corrected chi connectivity index (χ3v) is 5.66. The number of aromatic nitrogens is 1. The zero-order chi connectivity index (χ0) is 24.1. The summed E-state index contributed by atoms with van der Waals surface area (Å²) >= 11 is 1.31. The van der Waals surface area contributed by atoms with E-state index in [-0.39, 0.29) is 6.42 Å². The quantitative estimate of drug-likeness (QED) is 0.437. The van der Waals surface area contributed by atoms with E-state index in [9.17, 15) is 9.59 Å². The van der Waals surface area contributed by atoms with Crippen LogP contribution in [0.25, 0.3) is 22.4 Å². The molecule has 1 aromatic heterocycles. The van der Waals surface area contributed by atoms with Crippen molar-refractivity contribution in [1.82, 2.24) is 4.37 Å². The lowest BCUT2D eigenvalue weighted by molar-refractivity contribution is -0.123. The number of amides is 2. The lowest BCUT2D eigenvalue weighted by atomic mass is 9.99. The van der Waals surface area contributed by atoms with Gasteiger partial charge in [-0.05, 0) is 53.8 Å². The highest BCUT2D eigenvalue weighted by Gasteiger charge is 2.20. The van der Waals surface area contributed by atoms with Crippen molar-refractivity contribution in [2.24, 2.45) is 11.5 Å². The van der Waals surface area contributed by atoms with Crippen molar-refractivity contribution >= 4 is 29.0 Å². The molecule has 33 heavy (non-hydrogen) atoms. The summed E-state index contributed by atoms with van der Waals surface area (Å²) in [6.45, 7) is 1.94. The van der Waals surface area contributed by atoms with Crippen molar-refractivity contribution in [3.05, 3.63) is 41.3 Å². The maximum absolute atomic E-state index is 12.4. The highest BCUT2D eigenvalue weighted by Crippen LogP contribution is 2.40. The molecule has 174 valence electrons. The Labute approximate surface area is 195 Å². The molecule has 5 N–H and O–H groups in total. The molecular formula is C23H26N4O5S. The number of hydrogen-bond acceptors (Lipinski definition) is 8. The number of rotatable bonds is 9. The molecule has 1 heterocycles. The molecule has 0 aliphatic carbocycles. The van der Waals surface area contributed by atoms with Crippen LogP contribution < -0.4 is 31.0 Å². The Hall–Kier alpha value is -3.63. The molecule has 0 aliphatic heterocycles. The largest absolute Gasteiger partial charge is 0.495 e. The highest BCUT2D eigenvalue weighted by atomic mass is 32.1. The van der Waals surface area contributed by atoms with Crippen LogP contribution in [0.1, 0.15) is 12.0 Å². The number of aryl methyl sites for hydroxylation is 1. The SMILES string of the molecule is COc1ccc(-c2csnc2-c2cc(C)c(OC)c(OC)c2)cc1NC(=O)[C@H](N)CC(N)=O. The number of nitrogens with two attached hydrogens (primary N) is 2. The summed E-state index contributed by atoms with van der Waals surface area (Å²) in [5.74, 6) is 0.531. The number of benzene rings is 2. The van der Waals surface area contributed by atoms with Crippen LogP contribution in [0.5, 0.6) is 17.2 Å². The monoisotopic (exact) mass is 470 g/mol. The van der Waals surface area contributed by atoms with Gasteiger partial charge in [-0.3, -0.25) is 9.59 Å². The molecule has 0 saturated heterocycles. The van der Waals surface area contributed by atoms with Gasteiger partial charge in [-0.15, -0.1) is 0 Å². The van der Waals surface area contributed by atoms with Gasteiger partial charge in [-0.1, -0.05) is 6.07 Å². The van der Waals surface area contributed by atoms with Gasteiger partial charge >= 0.3 is 0 Å². The van der Waals surface area contributed by atoms with Gasteiger partial charge in [0.05, 0.1) is 45.2 Å². The Morgan fingerprint density at radius 1 is 1.06 bits per heavy atom.